The van der Waals surface area contributed by atoms with Crippen molar-refractivity contribution in [3.8, 4) is 0 Å². The molecule has 2 N–H and O–H groups in total. The Labute approximate surface area is 240 Å². The third-order valence-corrected chi connectivity index (χ3v) is 9.36. The summed E-state index contributed by atoms with van der Waals surface area (Å²) in [6.07, 6.45) is -4.93. The van der Waals surface area contributed by atoms with Gasteiger partial charge in [0.1, 0.15) is 5.84 Å². The SMILES string of the molecule is N=C1c2ccccc2NC(OC(=O)C(F)(F)F)N1c1cc(S(=O)(=O)N2CCC(Cc3ccccc3)CC2)ccc1Cl. The van der Waals surface area contributed by atoms with Gasteiger partial charge in [-0.3, -0.25) is 10.3 Å². The van der Waals surface area contributed by atoms with Gasteiger partial charge >= 0.3 is 12.1 Å². The number of alkyl halides is 3. The summed E-state index contributed by atoms with van der Waals surface area (Å²) < 4.78 is 72.6. The average Bonchev–Trinajstić information content (AvgIpc) is 2.94. The summed E-state index contributed by atoms with van der Waals surface area (Å²) in [4.78, 5) is 12.6. The first-order valence-electron chi connectivity index (χ1n) is 12.8. The Morgan fingerprint density at radius 1 is 1.02 bits per heavy atom. The van der Waals surface area contributed by atoms with E-state index in [2.05, 4.69) is 5.32 Å². The average molecular weight is 607 g/mol. The summed E-state index contributed by atoms with van der Waals surface area (Å²) in [5.41, 5.74) is 1.62. The van der Waals surface area contributed by atoms with Gasteiger partial charge in [0.15, 0.2) is 0 Å². The van der Waals surface area contributed by atoms with E-state index in [4.69, 9.17) is 21.7 Å². The van der Waals surface area contributed by atoms with Crippen LogP contribution in [0.2, 0.25) is 5.02 Å². The molecule has 2 heterocycles. The molecule has 5 rings (SSSR count). The van der Waals surface area contributed by atoms with Crippen molar-refractivity contribution in [2.75, 3.05) is 23.3 Å². The molecule has 13 heteroatoms. The highest BCUT2D eigenvalue weighted by Gasteiger charge is 2.45. The lowest BCUT2D eigenvalue weighted by Gasteiger charge is -2.39. The lowest BCUT2D eigenvalue weighted by molar-refractivity contribution is -0.203. The van der Waals surface area contributed by atoms with E-state index in [-0.39, 0.29) is 32.7 Å². The third-order valence-electron chi connectivity index (χ3n) is 7.14. The molecular formula is C28H26ClF3N4O4S. The number of amidine groups is 1. The summed E-state index contributed by atoms with van der Waals surface area (Å²) in [7, 11) is -4.01. The van der Waals surface area contributed by atoms with Crippen molar-refractivity contribution in [3.63, 3.8) is 0 Å². The van der Waals surface area contributed by atoms with Crippen LogP contribution in [-0.4, -0.2) is 50.1 Å². The fraction of sp³-hybridized carbons (Fsp3) is 0.286. The lowest BCUT2D eigenvalue weighted by Crippen LogP contribution is -2.52. The van der Waals surface area contributed by atoms with Crippen LogP contribution < -0.4 is 10.2 Å². The first kappa shape index (κ1) is 28.9. The number of nitrogens with one attached hydrogen (secondary N) is 2. The Bertz CT molecular complexity index is 1560. The highest BCUT2D eigenvalue weighted by Crippen LogP contribution is 2.37. The molecule has 1 saturated heterocycles. The quantitative estimate of drug-likeness (QED) is 0.353. The summed E-state index contributed by atoms with van der Waals surface area (Å²) >= 11 is 6.41. The topological polar surface area (TPSA) is 103 Å². The lowest BCUT2D eigenvalue weighted by atomic mass is 9.91. The number of ether oxygens (including phenoxy) is 1. The molecule has 3 aromatic rings. The van der Waals surface area contributed by atoms with Crippen molar-refractivity contribution in [2.24, 2.45) is 5.92 Å². The van der Waals surface area contributed by atoms with Crippen LogP contribution in [0.5, 0.6) is 0 Å². The van der Waals surface area contributed by atoms with E-state index >= 15 is 0 Å². The first-order chi connectivity index (χ1) is 19.4. The Kier molecular flexibility index (Phi) is 8.00. The number of benzene rings is 3. The van der Waals surface area contributed by atoms with Crippen LogP contribution in [0.4, 0.5) is 24.5 Å². The van der Waals surface area contributed by atoms with Gasteiger partial charge in [-0.05, 0) is 61.1 Å². The number of hydrogen-bond donors (Lipinski definition) is 2. The van der Waals surface area contributed by atoms with Crippen molar-refractivity contribution < 1.29 is 31.1 Å². The summed E-state index contributed by atoms with van der Waals surface area (Å²) in [5, 5.41) is 11.3. The van der Waals surface area contributed by atoms with Crippen LogP contribution in [0.1, 0.15) is 24.0 Å². The van der Waals surface area contributed by atoms with Crippen LogP contribution >= 0.6 is 11.6 Å². The molecule has 1 unspecified atom stereocenters. The number of halogens is 4. The molecule has 8 nitrogen and oxygen atoms in total. The number of rotatable bonds is 6. The largest absolute Gasteiger partial charge is 0.491 e. The van der Waals surface area contributed by atoms with Gasteiger partial charge in [-0.2, -0.15) is 17.5 Å². The van der Waals surface area contributed by atoms with E-state index in [0.717, 1.165) is 11.3 Å². The maximum Gasteiger partial charge on any atom is 0.491 e. The molecule has 0 spiro atoms. The zero-order chi connectivity index (χ0) is 29.4. The normalized spacial score (nSPS) is 18.5. The number of esters is 1. The summed E-state index contributed by atoms with van der Waals surface area (Å²) in [6.45, 7) is 0.607. The second-order valence-electron chi connectivity index (χ2n) is 9.81. The van der Waals surface area contributed by atoms with Gasteiger partial charge in [-0.1, -0.05) is 54.1 Å². The van der Waals surface area contributed by atoms with Gasteiger partial charge in [0, 0.05) is 24.3 Å². The smallest absolute Gasteiger partial charge is 0.415 e. The van der Waals surface area contributed by atoms with Gasteiger partial charge in [-0.25, -0.2) is 13.2 Å². The van der Waals surface area contributed by atoms with Gasteiger partial charge in [0.25, 0.3) is 6.35 Å². The molecule has 0 aliphatic carbocycles. The minimum atomic E-state index is -5.30. The van der Waals surface area contributed by atoms with Gasteiger partial charge < -0.3 is 10.1 Å². The highest BCUT2D eigenvalue weighted by atomic mass is 35.5. The second kappa shape index (κ2) is 11.3. The molecular weight excluding hydrogens is 581 g/mol. The summed E-state index contributed by atoms with van der Waals surface area (Å²) in [6, 6.07) is 20.0. The molecule has 1 fully saturated rings. The number of hydrogen-bond acceptors (Lipinski definition) is 6. The van der Waals surface area contributed by atoms with Crippen LogP contribution in [0.3, 0.4) is 0 Å². The number of nitrogens with zero attached hydrogens (tertiary/aromatic N) is 2. The maximum absolute atomic E-state index is 13.6. The van der Waals surface area contributed by atoms with Crippen molar-refractivity contribution >= 4 is 44.8 Å². The number of carbonyl (C=O) groups is 1. The van der Waals surface area contributed by atoms with Crippen LogP contribution in [0.15, 0.2) is 77.7 Å². The highest BCUT2D eigenvalue weighted by molar-refractivity contribution is 7.89. The first-order valence-corrected chi connectivity index (χ1v) is 14.6. The van der Waals surface area contributed by atoms with E-state index in [1.807, 2.05) is 30.3 Å². The minimum absolute atomic E-state index is 0.0514. The zero-order valence-corrected chi connectivity index (χ0v) is 23.1. The van der Waals surface area contributed by atoms with Crippen molar-refractivity contribution in [1.29, 1.82) is 5.41 Å². The predicted octanol–water partition coefficient (Wildman–Crippen LogP) is 5.63. The number of anilines is 2. The van der Waals surface area contributed by atoms with E-state index < -0.39 is 28.5 Å². The molecule has 41 heavy (non-hydrogen) atoms. The number of para-hydroxylation sites is 1. The molecule has 0 radical (unpaired) electrons. The molecule has 2 aliphatic rings. The van der Waals surface area contributed by atoms with Crippen molar-refractivity contribution in [1.82, 2.24) is 4.31 Å². The monoisotopic (exact) mass is 606 g/mol. The molecule has 1 atom stereocenters. The number of carbonyl (C=O) groups excluding carboxylic acids is 1. The predicted molar refractivity (Wildman–Crippen MR) is 148 cm³/mol. The van der Waals surface area contributed by atoms with Crippen molar-refractivity contribution in [2.45, 2.75) is 36.7 Å². The van der Waals surface area contributed by atoms with Crippen LogP contribution in [0.25, 0.3) is 0 Å². The van der Waals surface area contributed by atoms with Gasteiger partial charge in [0.2, 0.25) is 10.0 Å². The standard InChI is InChI=1S/C28H26ClF3N4O4S/c29-22-11-10-20(41(38,39)35-14-12-19(13-15-35)16-18-6-2-1-3-7-18)17-24(22)36-25(33)21-8-4-5-9-23(21)34-27(36)40-26(37)28(30,31)32/h1-11,17,19,27,33-34H,12-16H2. The molecule has 2 aliphatic heterocycles. The van der Waals surface area contributed by atoms with Crippen molar-refractivity contribution in [3.05, 3.63) is 88.9 Å². The maximum atomic E-state index is 13.6. The minimum Gasteiger partial charge on any atom is -0.415 e. The van der Waals surface area contributed by atoms with E-state index in [1.54, 1.807) is 18.2 Å². The molecule has 0 amide bonds. The van der Waals surface area contributed by atoms with E-state index in [1.165, 1.54) is 34.1 Å². The molecule has 0 saturated carbocycles. The fourth-order valence-electron chi connectivity index (χ4n) is 5.05. The number of piperidine rings is 1. The Morgan fingerprint density at radius 2 is 1.68 bits per heavy atom. The van der Waals surface area contributed by atoms with Gasteiger partial charge in [-0.15, -0.1) is 0 Å². The molecule has 0 bridgehead atoms. The summed E-state index contributed by atoms with van der Waals surface area (Å²) in [5.74, 6) is -2.49. The number of sulfonamides is 1. The van der Waals surface area contributed by atoms with E-state index in [9.17, 15) is 26.4 Å². The second-order valence-corrected chi connectivity index (χ2v) is 12.2. The molecule has 0 aromatic heterocycles. The number of fused-ring (bicyclic) bond motifs is 1. The Hall–Kier alpha value is -3.61. The Balaban J connectivity index is 1.42. The molecule has 216 valence electrons. The third kappa shape index (κ3) is 6.04. The van der Waals surface area contributed by atoms with E-state index in [0.29, 0.717) is 31.8 Å². The Morgan fingerprint density at radius 3 is 2.37 bits per heavy atom. The van der Waals surface area contributed by atoms with Crippen LogP contribution in [-0.2, 0) is 26.0 Å². The zero-order valence-electron chi connectivity index (χ0n) is 21.6. The van der Waals surface area contributed by atoms with Crippen LogP contribution in [0, 0.1) is 11.3 Å². The fourth-order valence-corrected chi connectivity index (χ4v) is 6.74. The molecule has 3 aromatic carbocycles. The van der Waals surface area contributed by atoms with Gasteiger partial charge in [0.05, 0.1) is 15.6 Å².